The van der Waals surface area contributed by atoms with Crippen LogP contribution in [-0.2, 0) is 5.41 Å². The third kappa shape index (κ3) is 7.16. The lowest BCUT2D eigenvalue weighted by Crippen LogP contribution is -2.31. The summed E-state index contributed by atoms with van der Waals surface area (Å²) in [6.45, 7) is 0.787. The van der Waals surface area contributed by atoms with E-state index in [2.05, 4.69) is 37.7 Å². The van der Waals surface area contributed by atoms with Crippen LogP contribution in [0.3, 0.4) is 0 Å². The second-order valence-corrected chi connectivity index (χ2v) is 16.7. The highest BCUT2D eigenvalue weighted by atomic mass is 16.5. The monoisotopic (exact) mass is 856 g/mol. The molecule has 0 spiro atoms. The summed E-state index contributed by atoms with van der Waals surface area (Å²) >= 11 is 0. The quantitative estimate of drug-likeness (QED) is 0.113. The molecular formula is C60H48N4O. The maximum atomic E-state index is 9.14. The van der Waals surface area contributed by atoms with Gasteiger partial charge in [-0.2, -0.15) is 0 Å². The molecule has 0 N–H and O–H groups in total. The molecule has 5 heteroatoms. The van der Waals surface area contributed by atoms with E-state index in [1.54, 1.807) is 59.3 Å². The van der Waals surface area contributed by atoms with Crippen molar-refractivity contribution in [2.24, 2.45) is 0 Å². The standard InChI is InChI=1S/C60H48N4O/c1-40-18-16-19-41(2)58(40)44-34-46(37-48(35-44)65-47-30-31-52-51-24-12-13-27-53(51)64(56(52)38-47)57-36-45(32-33-61-57)60(3,4)5)62-39-63(55-29-15-14-28-54(55)62)59-49(42-20-8-6-9-21-42)25-17-26-50(59)43-22-10-7-11-23-43/h6-38H,1-5H3/i1D3,2D3,6D,7D,8D,9D,10D,11D,20D,21D,22D,23D. The van der Waals surface area contributed by atoms with E-state index in [1.807, 2.05) is 42.5 Å². The molecule has 314 valence electrons. The van der Waals surface area contributed by atoms with Gasteiger partial charge in [0.05, 0.1) is 47.1 Å². The van der Waals surface area contributed by atoms with Gasteiger partial charge in [0.1, 0.15) is 17.3 Å². The highest BCUT2D eigenvalue weighted by molar-refractivity contribution is 6.09. The Morgan fingerprint density at radius 2 is 1.26 bits per heavy atom. The van der Waals surface area contributed by atoms with Crippen LogP contribution in [-0.4, -0.2) is 14.1 Å². The van der Waals surface area contributed by atoms with Crippen molar-refractivity contribution in [2.45, 2.75) is 39.9 Å². The topological polar surface area (TPSA) is 35.9 Å². The zero-order chi connectivity index (χ0) is 57.9. The maximum absolute atomic E-state index is 9.14. The number of nitrogens with zero attached hydrogens (tertiary/aromatic N) is 4. The summed E-state index contributed by atoms with van der Waals surface area (Å²) in [6, 6.07) is 32.0. The minimum Gasteiger partial charge on any atom is -0.458 e. The number of pyridine rings is 1. The molecule has 11 aromatic rings. The Morgan fingerprint density at radius 3 is 1.97 bits per heavy atom. The molecule has 0 aliphatic heterocycles. The number of rotatable bonds is 8. The molecule has 3 aromatic heterocycles. The third-order valence-corrected chi connectivity index (χ3v) is 11.6. The lowest BCUT2D eigenvalue weighted by Gasteiger charge is -2.20. The minimum absolute atomic E-state index is 0.0281. The van der Waals surface area contributed by atoms with Gasteiger partial charge in [0, 0.05) is 31.3 Å². The van der Waals surface area contributed by atoms with Crippen LogP contribution in [0.5, 0.6) is 11.5 Å². The van der Waals surface area contributed by atoms with Gasteiger partial charge in [-0.25, -0.2) is 4.98 Å². The number of para-hydroxylation sites is 4. The van der Waals surface area contributed by atoms with Gasteiger partial charge in [0.15, 0.2) is 0 Å². The van der Waals surface area contributed by atoms with Crippen molar-refractivity contribution in [1.29, 1.82) is 0 Å². The van der Waals surface area contributed by atoms with E-state index in [9.17, 15) is 0 Å². The van der Waals surface area contributed by atoms with Crippen molar-refractivity contribution in [3.8, 4) is 62.1 Å². The molecule has 8 aromatic carbocycles. The van der Waals surface area contributed by atoms with Crippen LogP contribution in [0.15, 0.2) is 200 Å². The molecular weight excluding hydrogens is 793 g/mol. The average molecular weight is 857 g/mol. The summed E-state index contributed by atoms with van der Waals surface area (Å²) in [7, 11) is 0. The molecule has 0 aliphatic rings. The van der Waals surface area contributed by atoms with Crippen molar-refractivity contribution in [2.75, 3.05) is 0 Å². The number of aromatic nitrogens is 4. The Hall–Kier alpha value is -8.02. The van der Waals surface area contributed by atoms with E-state index in [0.717, 1.165) is 27.4 Å². The van der Waals surface area contributed by atoms with Gasteiger partial charge in [-0.3, -0.25) is 13.7 Å². The van der Waals surface area contributed by atoms with Gasteiger partial charge in [-0.05, 0) is 118 Å². The van der Waals surface area contributed by atoms with Crippen molar-refractivity contribution in [1.82, 2.24) is 14.1 Å². The van der Waals surface area contributed by atoms with Gasteiger partial charge in [-0.1, -0.05) is 160 Å². The molecule has 3 heterocycles. The summed E-state index contributed by atoms with van der Waals surface area (Å²) in [6.07, 6.45) is 5.16. The van der Waals surface area contributed by atoms with Gasteiger partial charge in [-0.15, -0.1) is 0 Å². The fourth-order valence-electron chi connectivity index (χ4n) is 8.56. The molecule has 0 amide bonds. The lowest BCUT2D eigenvalue weighted by molar-refractivity contribution is -0.571. The number of fused-ring (bicyclic) bond motifs is 4. The summed E-state index contributed by atoms with van der Waals surface area (Å²) in [5.74, 6) is 1.18. The highest BCUT2D eigenvalue weighted by Gasteiger charge is 2.22. The van der Waals surface area contributed by atoms with Gasteiger partial charge >= 0.3 is 0 Å². The summed E-state index contributed by atoms with van der Waals surface area (Å²) in [5, 5.41) is 1.88. The molecule has 0 fully saturated rings. The molecule has 0 bridgehead atoms. The molecule has 11 rings (SSSR count). The highest BCUT2D eigenvalue weighted by Crippen LogP contribution is 2.40. The van der Waals surface area contributed by atoms with Gasteiger partial charge in [0.2, 0.25) is 0 Å². The van der Waals surface area contributed by atoms with E-state index in [0.29, 0.717) is 22.6 Å². The smallest absolute Gasteiger partial charge is 0.269 e. The Labute approximate surface area is 402 Å². The van der Waals surface area contributed by atoms with Gasteiger partial charge in [0.25, 0.3) is 6.33 Å². The summed E-state index contributed by atoms with van der Waals surface area (Å²) in [5.41, 5.74) is 2.79. The zero-order valence-corrected chi connectivity index (χ0v) is 35.5. The van der Waals surface area contributed by atoms with E-state index in [-0.39, 0.29) is 67.0 Å². The summed E-state index contributed by atoms with van der Waals surface area (Å²) < 4.78 is 152. The Bertz CT molecular complexity index is 4240. The van der Waals surface area contributed by atoms with Crippen molar-refractivity contribution < 1.29 is 31.2 Å². The lowest BCUT2D eigenvalue weighted by atomic mass is 9.88. The van der Waals surface area contributed by atoms with Crippen LogP contribution in [0.1, 0.15) is 59.4 Å². The Kier molecular flexibility index (Phi) is 6.37. The number of hydrogen-bond donors (Lipinski definition) is 0. The number of hydrogen-bond acceptors (Lipinski definition) is 2. The van der Waals surface area contributed by atoms with Crippen LogP contribution < -0.4 is 9.30 Å². The van der Waals surface area contributed by atoms with Crippen molar-refractivity contribution in [3.05, 3.63) is 223 Å². The molecule has 65 heavy (non-hydrogen) atoms. The first-order chi connectivity index (χ1) is 38.3. The number of aryl methyl sites for hydroxylation is 2. The van der Waals surface area contributed by atoms with E-state index in [4.69, 9.17) is 31.7 Å². The van der Waals surface area contributed by atoms with Gasteiger partial charge < -0.3 is 4.74 Å². The first-order valence-corrected chi connectivity index (χ1v) is 21.0. The minimum atomic E-state index is -2.80. The normalized spacial score (nSPS) is 15.7. The molecule has 0 saturated heterocycles. The second-order valence-electron chi connectivity index (χ2n) is 16.7. The Morgan fingerprint density at radius 1 is 0.600 bits per heavy atom. The zero-order valence-electron chi connectivity index (χ0n) is 51.5. The number of ether oxygens (including phenoxy) is 1. The average Bonchev–Trinajstić information content (AvgIpc) is 4.25. The van der Waals surface area contributed by atoms with Crippen LogP contribution >= 0.6 is 0 Å². The SMILES string of the molecule is [2H]c1c([2H])c([2H])c(-c2cccc(-c3c([2H])c([2H])c([2H])c([2H])c3[2H])c2-[n+]2[c-]n(-c3cc(Oc4ccc5c6ccccc6n(-c6cc(C(C)(C)C)ccn6)c5c4)cc(-c4c(C([2H])([2H])[2H])cccc4C([2H])([2H])[2H])c3)c3ccccc32)c([2H])c1[2H]. The van der Waals surface area contributed by atoms with Crippen LogP contribution in [0, 0.1) is 20.0 Å². The Balaban J connectivity index is 1.20. The molecule has 0 unspecified atom stereocenters. The molecule has 0 aliphatic carbocycles. The van der Waals surface area contributed by atoms with Crippen LogP contribution in [0.25, 0.3) is 83.4 Å². The number of benzene rings is 8. The molecule has 5 nitrogen and oxygen atoms in total. The van der Waals surface area contributed by atoms with E-state index in [1.165, 1.54) is 41.0 Å². The maximum Gasteiger partial charge on any atom is 0.269 e. The van der Waals surface area contributed by atoms with E-state index >= 15 is 0 Å². The molecule has 0 saturated carbocycles. The largest absolute Gasteiger partial charge is 0.458 e. The third-order valence-electron chi connectivity index (χ3n) is 11.6. The fraction of sp³-hybridized carbons (Fsp3) is 0.100. The van der Waals surface area contributed by atoms with Crippen LogP contribution in [0.2, 0.25) is 0 Å². The molecule has 0 radical (unpaired) electrons. The van der Waals surface area contributed by atoms with Crippen LogP contribution in [0.4, 0.5) is 0 Å². The first kappa shape index (κ1) is 25.9. The fourth-order valence-corrected chi connectivity index (χ4v) is 8.56. The van der Waals surface area contributed by atoms with Crippen molar-refractivity contribution in [3.63, 3.8) is 0 Å². The predicted octanol–water partition coefficient (Wildman–Crippen LogP) is 14.9. The van der Waals surface area contributed by atoms with E-state index < -0.39 is 74.1 Å². The second kappa shape index (κ2) is 16.0. The molecule has 0 atom stereocenters. The predicted molar refractivity (Wildman–Crippen MR) is 267 cm³/mol. The number of imidazole rings is 1. The van der Waals surface area contributed by atoms with Crippen molar-refractivity contribution >= 4 is 32.8 Å². The first-order valence-electron chi connectivity index (χ1n) is 29.0. The summed E-state index contributed by atoms with van der Waals surface area (Å²) in [4.78, 5) is 4.83.